The normalized spacial score (nSPS) is 10.6. The van der Waals surface area contributed by atoms with E-state index in [0.717, 1.165) is 22.0 Å². The van der Waals surface area contributed by atoms with E-state index >= 15 is 0 Å². The molecule has 1 aromatic heterocycles. The summed E-state index contributed by atoms with van der Waals surface area (Å²) in [7, 11) is 0. The standard InChI is InChI=1S/C21H16N4O2S/c26-20(24-27)16-11-13-18(14-12-16)28-21-23-22-19(15-7-3-1-4-8-15)25(21)17-9-5-2-6-10-17/h1-14,27H,(H,24,26). The fourth-order valence-electron chi connectivity index (χ4n) is 2.76. The maximum absolute atomic E-state index is 11.5. The molecule has 0 spiro atoms. The van der Waals surface area contributed by atoms with Gasteiger partial charge in [-0.15, -0.1) is 10.2 Å². The Bertz CT molecular complexity index is 1080. The topological polar surface area (TPSA) is 80.0 Å². The van der Waals surface area contributed by atoms with Crippen molar-refractivity contribution < 1.29 is 10.0 Å². The van der Waals surface area contributed by atoms with Gasteiger partial charge in [0.25, 0.3) is 5.91 Å². The molecule has 0 aliphatic heterocycles. The first-order valence-electron chi connectivity index (χ1n) is 8.55. The summed E-state index contributed by atoms with van der Waals surface area (Å²) in [5.41, 5.74) is 3.94. The first kappa shape index (κ1) is 18.0. The average molecular weight is 388 g/mol. The number of hydrogen-bond donors (Lipinski definition) is 2. The molecule has 7 heteroatoms. The number of benzene rings is 3. The maximum Gasteiger partial charge on any atom is 0.274 e. The zero-order valence-electron chi connectivity index (χ0n) is 14.7. The van der Waals surface area contributed by atoms with E-state index in [2.05, 4.69) is 10.2 Å². The Morgan fingerprint density at radius 2 is 1.50 bits per heavy atom. The molecule has 1 amide bonds. The van der Waals surface area contributed by atoms with E-state index in [1.807, 2.05) is 65.2 Å². The Morgan fingerprint density at radius 3 is 2.14 bits per heavy atom. The fraction of sp³-hybridized carbons (Fsp3) is 0. The Labute approximate surface area is 165 Å². The molecule has 2 N–H and O–H groups in total. The van der Waals surface area contributed by atoms with E-state index in [1.54, 1.807) is 29.7 Å². The summed E-state index contributed by atoms with van der Waals surface area (Å²) in [6, 6.07) is 26.7. The van der Waals surface area contributed by atoms with Crippen LogP contribution in [0.5, 0.6) is 0 Å². The number of nitrogens with one attached hydrogen (secondary N) is 1. The third kappa shape index (κ3) is 3.66. The summed E-state index contributed by atoms with van der Waals surface area (Å²) < 4.78 is 2.01. The molecule has 0 saturated heterocycles. The molecule has 4 aromatic rings. The van der Waals surface area contributed by atoms with Crippen molar-refractivity contribution in [3.8, 4) is 17.1 Å². The van der Waals surface area contributed by atoms with Gasteiger partial charge in [0, 0.05) is 21.7 Å². The highest BCUT2D eigenvalue weighted by Gasteiger charge is 2.16. The van der Waals surface area contributed by atoms with E-state index in [4.69, 9.17) is 5.21 Å². The minimum atomic E-state index is -0.546. The van der Waals surface area contributed by atoms with Crippen LogP contribution < -0.4 is 5.48 Å². The number of rotatable bonds is 5. The van der Waals surface area contributed by atoms with Crippen molar-refractivity contribution >= 4 is 17.7 Å². The van der Waals surface area contributed by atoms with Crippen molar-refractivity contribution in [3.05, 3.63) is 90.5 Å². The van der Waals surface area contributed by atoms with Gasteiger partial charge in [-0.25, -0.2) is 5.48 Å². The van der Waals surface area contributed by atoms with Gasteiger partial charge in [0.1, 0.15) is 0 Å². The van der Waals surface area contributed by atoms with Crippen LogP contribution in [0.2, 0.25) is 0 Å². The summed E-state index contributed by atoms with van der Waals surface area (Å²) in [6.45, 7) is 0. The van der Waals surface area contributed by atoms with Crippen LogP contribution in [0.3, 0.4) is 0 Å². The predicted molar refractivity (Wildman–Crippen MR) is 107 cm³/mol. The van der Waals surface area contributed by atoms with E-state index < -0.39 is 5.91 Å². The van der Waals surface area contributed by atoms with Gasteiger partial charge < -0.3 is 0 Å². The molecule has 0 fully saturated rings. The summed E-state index contributed by atoms with van der Waals surface area (Å²) in [5.74, 6) is 0.209. The fourth-order valence-corrected chi connectivity index (χ4v) is 3.61. The largest absolute Gasteiger partial charge is 0.288 e. The molecule has 1 heterocycles. The lowest BCUT2D eigenvalue weighted by Crippen LogP contribution is -2.18. The number of hydroxylamine groups is 1. The summed E-state index contributed by atoms with van der Waals surface area (Å²) in [5, 5.41) is 18.3. The maximum atomic E-state index is 11.5. The number of hydrogen-bond acceptors (Lipinski definition) is 5. The number of carbonyl (C=O) groups excluding carboxylic acids is 1. The quantitative estimate of drug-likeness (QED) is 0.396. The third-order valence-corrected chi connectivity index (χ3v) is 5.06. The van der Waals surface area contributed by atoms with Crippen LogP contribution in [0.4, 0.5) is 0 Å². The molecule has 6 nitrogen and oxygen atoms in total. The SMILES string of the molecule is O=C(NO)c1ccc(Sc2nnc(-c3ccccc3)n2-c2ccccc2)cc1. The Morgan fingerprint density at radius 1 is 0.857 bits per heavy atom. The minimum Gasteiger partial charge on any atom is -0.288 e. The zero-order valence-corrected chi connectivity index (χ0v) is 15.5. The van der Waals surface area contributed by atoms with Crippen molar-refractivity contribution in [1.82, 2.24) is 20.2 Å². The monoisotopic (exact) mass is 388 g/mol. The van der Waals surface area contributed by atoms with Crippen molar-refractivity contribution in [2.75, 3.05) is 0 Å². The van der Waals surface area contributed by atoms with E-state index in [-0.39, 0.29) is 0 Å². The molecule has 28 heavy (non-hydrogen) atoms. The van der Waals surface area contributed by atoms with Crippen molar-refractivity contribution in [3.63, 3.8) is 0 Å². The van der Waals surface area contributed by atoms with E-state index in [0.29, 0.717) is 10.7 Å². The molecule has 0 bridgehead atoms. The molecule has 138 valence electrons. The van der Waals surface area contributed by atoms with Crippen molar-refractivity contribution in [2.24, 2.45) is 0 Å². The smallest absolute Gasteiger partial charge is 0.274 e. The van der Waals surface area contributed by atoms with Gasteiger partial charge in [0.15, 0.2) is 5.82 Å². The number of para-hydroxylation sites is 1. The first-order chi connectivity index (χ1) is 13.8. The lowest BCUT2D eigenvalue weighted by Gasteiger charge is -2.10. The summed E-state index contributed by atoms with van der Waals surface area (Å²) in [4.78, 5) is 12.4. The zero-order chi connectivity index (χ0) is 19.3. The number of carbonyl (C=O) groups is 1. The molecular formula is C21H16N4O2S. The van der Waals surface area contributed by atoms with Crippen LogP contribution in [-0.4, -0.2) is 25.9 Å². The predicted octanol–water partition coefficient (Wildman–Crippen LogP) is 4.20. The van der Waals surface area contributed by atoms with Gasteiger partial charge in [0.05, 0.1) is 0 Å². The van der Waals surface area contributed by atoms with E-state index in [1.165, 1.54) is 11.8 Å². The van der Waals surface area contributed by atoms with Crippen LogP contribution in [0, 0.1) is 0 Å². The second kappa shape index (κ2) is 8.08. The van der Waals surface area contributed by atoms with Crippen LogP contribution >= 0.6 is 11.8 Å². The summed E-state index contributed by atoms with van der Waals surface area (Å²) >= 11 is 1.45. The number of nitrogens with zero attached hydrogens (tertiary/aromatic N) is 3. The van der Waals surface area contributed by atoms with Crippen molar-refractivity contribution in [1.29, 1.82) is 0 Å². The Kier molecular flexibility index (Phi) is 5.18. The highest BCUT2D eigenvalue weighted by atomic mass is 32.2. The van der Waals surface area contributed by atoms with Gasteiger partial charge in [-0.2, -0.15) is 0 Å². The molecule has 0 unspecified atom stereocenters. The molecular weight excluding hydrogens is 372 g/mol. The average Bonchev–Trinajstić information content (AvgIpc) is 3.18. The van der Waals surface area contributed by atoms with Gasteiger partial charge in [-0.1, -0.05) is 48.5 Å². The highest BCUT2D eigenvalue weighted by molar-refractivity contribution is 7.99. The molecule has 0 atom stereocenters. The second-order valence-corrected chi connectivity index (χ2v) is 6.95. The molecule has 4 rings (SSSR count). The minimum absolute atomic E-state index is 0.376. The van der Waals surface area contributed by atoms with Crippen LogP contribution in [0.15, 0.2) is 95.0 Å². The van der Waals surface area contributed by atoms with E-state index in [9.17, 15) is 4.79 Å². The number of amides is 1. The molecule has 0 radical (unpaired) electrons. The van der Waals surface area contributed by atoms with Gasteiger partial charge in [-0.3, -0.25) is 14.6 Å². The lowest BCUT2D eigenvalue weighted by molar-refractivity contribution is 0.0706. The first-order valence-corrected chi connectivity index (χ1v) is 9.36. The molecule has 0 saturated carbocycles. The van der Waals surface area contributed by atoms with Crippen LogP contribution in [-0.2, 0) is 0 Å². The molecule has 3 aromatic carbocycles. The van der Waals surface area contributed by atoms with Crippen LogP contribution in [0.25, 0.3) is 17.1 Å². The molecule has 0 aliphatic rings. The van der Waals surface area contributed by atoms with Gasteiger partial charge >= 0.3 is 0 Å². The van der Waals surface area contributed by atoms with Crippen LogP contribution in [0.1, 0.15) is 10.4 Å². The Hall–Kier alpha value is -3.42. The summed E-state index contributed by atoms with van der Waals surface area (Å²) in [6.07, 6.45) is 0. The van der Waals surface area contributed by atoms with Crippen molar-refractivity contribution in [2.45, 2.75) is 10.1 Å². The Balaban J connectivity index is 1.73. The van der Waals surface area contributed by atoms with Gasteiger partial charge in [-0.05, 0) is 48.2 Å². The lowest BCUT2D eigenvalue weighted by atomic mass is 10.2. The van der Waals surface area contributed by atoms with Gasteiger partial charge in [0.2, 0.25) is 5.16 Å². The third-order valence-electron chi connectivity index (χ3n) is 4.11. The number of aromatic nitrogens is 3. The highest BCUT2D eigenvalue weighted by Crippen LogP contribution is 2.32. The molecule has 0 aliphatic carbocycles. The second-order valence-electron chi connectivity index (χ2n) is 5.91.